The highest BCUT2D eigenvalue weighted by Crippen LogP contribution is 2.44. The Kier molecular flexibility index (Phi) is 6.30. The van der Waals surface area contributed by atoms with E-state index in [-0.39, 0.29) is 7.92 Å². The fraction of sp³-hybridized carbons (Fsp3) is 1.00. The lowest BCUT2D eigenvalue weighted by atomic mass is 10.0. The molecule has 0 heterocycles. The van der Waals surface area contributed by atoms with Crippen LogP contribution in [0.25, 0.3) is 0 Å². The molecule has 0 atom stereocenters. The summed E-state index contributed by atoms with van der Waals surface area (Å²) < 4.78 is 0. The molecule has 0 aromatic carbocycles. The maximum Gasteiger partial charge on any atom is -0.0277 e. The van der Waals surface area contributed by atoms with Crippen LogP contribution in [0.2, 0.25) is 0 Å². The second-order valence-electron chi connectivity index (χ2n) is 6.54. The topological polar surface area (TPSA) is 0 Å². The van der Waals surface area contributed by atoms with Crippen molar-refractivity contribution in [2.24, 2.45) is 17.3 Å². The zero-order valence-corrected chi connectivity index (χ0v) is 12.1. The molecule has 0 rings (SSSR count). The summed E-state index contributed by atoms with van der Waals surface area (Å²) in [5, 5.41) is 0. The molecule has 0 N–H and O–H groups in total. The van der Waals surface area contributed by atoms with Crippen molar-refractivity contribution in [2.45, 2.75) is 48.5 Å². The normalized spacial score (nSPS) is 13.3. The molecule has 0 aliphatic carbocycles. The molecule has 0 fully saturated rings. The number of hydrogen-bond acceptors (Lipinski definition) is 0. The number of hydrogen-bond donors (Lipinski definition) is 0. The molecule has 0 amide bonds. The van der Waals surface area contributed by atoms with Gasteiger partial charge in [0.2, 0.25) is 0 Å². The summed E-state index contributed by atoms with van der Waals surface area (Å²) in [4.78, 5) is 0. The van der Waals surface area contributed by atoms with Gasteiger partial charge in [0.25, 0.3) is 0 Å². The minimum absolute atomic E-state index is 0.272. The maximum atomic E-state index is 2.38. The third kappa shape index (κ3) is 9.00. The van der Waals surface area contributed by atoms with Crippen LogP contribution in [0.3, 0.4) is 0 Å². The van der Waals surface area contributed by atoms with Gasteiger partial charge in [-0.15, -0.1) is 7.92 Å². The molecule has 0 radical (unpaired) electrons. The smallest absolute Gasteiger partial charge is 0.0277 e. The highest BCUT2D eigenvalue weighted by Gasteiger charge is 2.19. The average molecular weight is 216 g/mol. The van der Waals surface area contributed by atoms with Crippen molar-refractivity contribution in [2.75, 3.05) is 18.5 Å². The SMILES string of the molecule is CC(C)CP(CC(C)C)CC(C)(C)C. The van der Waals surface area contributed by atoms with E-state index in [1.54, 1.807) is 0 Å². The molecular formula is C13H29P. The summed E-state index contributed by atoms with van der Waals surface area (Å²) in [6, 6.07) is 0. The highest BCUT2D eigenvalue weighted by molar-refractivity contribution is 7.57. The van der Waals surface area contributed by atoms with E-state index in [0.717, 1.165) is 11.8 Å². The van der Waals surface area contributed by atoms with Crippen LogP contribution in [0.15, 0.2) is 0 Å². The Bertz CT molecular complexity index is 132. The molecule has 0 bridgehead atoms. The molecule has 0 unspecified atom stereocenters. The highest BCUT2D eigenvalue weighted by atomic mass is 31.1. The van der Waals surface area contributed by atoms with Crippen LogP contribution in [-0.2, 0) is 0 Å². The molecule has 0 saturated heterocycles. The lowest BCUT2D eigenvalue weighted by Crippen LogP contribution is -2.15. The fourth-order valence-electron chi connectivity index (χ4n) is 1.91. The summed E-state index contributed by atoms with van der Waals surface area (Å²) in [7, 11) is 0.272. The number of rotatable bonds is 5. The van der Waals surface area contributed by atoms with Gasteiger partial charge in [-0.3, -0.25) is 0 Å². The summed E-state index contributed by atoms with van der Waals surface area (Å²) in [6.07, 6.45) is 4.37. The van der Waals surface area contributed by atoms with Crippen molar-refractivity contribution in [1.82, 2.24) is 0 Å². The van der Waals surface area contributed by atoms with E-state index in [0.29, 0.717) is 5.41 Å². The zero-order chi connectivity index (χ0) is 11.4. The van der Waals surface area contributed by atoms with Crippen LogP contribution < -0.4 is 0 Å². The molecule has 0 aliphatic heterocycles. The quantitative estimate of drug-likeness (QED) is 0.578. The largest absolute Gasteiger partial charge is 0.106 e. The van der Waals surface area contributed by atoms with E-state index < -0.39 is 0 Å². The molecule has 0 aromatic rings. The lowest BCUT2D eigenvalue weighted by molar-refractivity contribution is 0.475. The zero-order valence-electron chi connectivity index (χ0n) is 11.2. The van der Waals surface area contributed by atoms with E-state index in [1.165, 1.54) is 18.5 Å². The summed E-state index contributed by atoms with van der Waals surface area (Å²) in [5.41, 5.74) is 0.523. The van der Waals surface area contributed by atoms with Gasteiger partial charge >= 0.3 is 0 Å². The van der Waals surface area contributed by atoms with Gasteiger partial charge in [-0.2, -0.15) is 0 Å². The first-order valence-electron chi connectivity index (χ1n) is 5.93. The Morgan fingerprint density at radius 1 is 0.857 bits per heavy atom. The van der Waals surface area contributed by atoms with Gasteiger partial charge in [-0.1, -0.05) is 48.5 Å². The molecule has 14 heavy (non-hydrogen) atoms. The third-order valence-corrected chi connectivity index (χ3v) is 5.83. The second-order valence-corrected chi connectivity index (χ2v) is 8.93. The molecule has 0 aromatic heterocycles. The molecule has 1 heteroatoms. The van der Waals surface area contributed by atoms with Crippen LogP contribution in [0, 0.1) is 17.3 Å². The van der Waals surface area contributed by atoms with Crippen LogP contribution in [0.5, 0.6) is 0 Å². The van der Waals surface area contributed by atoms with E-state index >= 15 is 0 Å². The van der Waals surface area contributed by atoms with Gasteiger partial charge in [-0.25, -0.2) is 0 Å². The van der Waals surface area contributed by atoms with Crippen molar-refractivity contribution in [3.05, 3.63) is 0 Å². The van der Waals surface area contributed by atoms with Crippen LogP contribution in [0.4, 0.5) is 0 Å². The minimum Gasteiger partial charge on any atom is -0.106 e. The van der Waals surface area contributed by atoms with Crippen LogP contribution >= 0.6 is 7.92 Å². The van der Waals surface area contributed by atoms with Crippen molar-refractivity contribution >= 4 is 7.92 Å². The summed E-state index contributed by atoms with van der Waals surface area (Å²) in [5.74, 6) is 1.75. The Labute approximate surface area is 92.6 Å². The van der Waals surface area contributed by atoms with Gasteiger partial charge in [0.15, 0.2) is 0 Å². The fourth-order valence-corrected chi connectivity index (χ4v) is 5.72. The van der Waals surface area contributed by atoms with Gasteiger partial charge in [-0.05, 0) is 35.7 Å². The average Bonchev–Trinajstić information content (AvgIpc) is 1.77. The first kappa shape index (κ1) is 14.4. The van der Waals surface area contributed by atoms with Crippen LogP contribution in [0.1, 0.15) is 48.5 Å². The lowest BCUT2D eigenvalue weighted by Gasteiger charge is -2.29. The van der Waals surface area contributed by atoms with Crippen molar-refractivity contribution in [3.63, 3.8) is 0 Å². The maximum absolute atomic E-state index is 2.38. The predicted molar refractivity (Wildman–Crippen MR) is 70.7 cm³/mol. The molecule has 0 nitrogen and oxygen atoms in total. The minimum atomic E-state index is 0.272. The van der Waals surface area contributed by atoms with E-state index in [4.69, 9.17) is 0 Å². The van der Waals surface area contributed by atoms with E-state index in [2.05, 4.69) is 48.5 Å². The Balaban J connectivity index is 4.11. The molecule has 0 spiro atoms. The Morgan fingerprint density at radius 3 is 1.43 bits per heavy atom. The second kappa shape index (κ2) is 6.11. The third-order valence-electron chi connectivity index (χ3n) is 1.94. The molecular weight excluding hydrogens is 187 g/mol. The van der Waals surface area contributed by atoms with Crippen LogP contribution in [-0.4, -0.2) is 18.5 Å². The van der Waals surface area contributed by atoms with Crippen molar-refractivity contribution in [1.29, 1.82) is 0 Å². The van der Waals surface area contributed by atoms with Gasteiger partial charge in [0, 0.05) is 0 Å². The predicted octanol–water partition coefficient (Wildman–Crippen LogP) is 4.83. The van der Waals surface area contributed by atoms with Gasteiger partial charge < -0.3 is 0 Å². The Morgan fingerprint density at radius 2 is 1.21 bits per heavy atom. The molecule has 0 aliphatic rings. The first-order valence-corrected chi connectivity index (χ1v) is 7.83. The summed E-state index contributed by atoms with van der Waals surface area (Å²) in [6.45, 7) is 16.6. The standard InChI is InChI=1S/C13H29P/c1-11(2)8-14(9-12(3)4)10-13(5,6)7/h11-12H,8-10H2,1-7H3. The monoisotopic (exact) mass is 216 g/mol. The van der Waals surface area contributed by atoms with Gasteiger partial charge in [0.05, 0.1) is 0 Å². The van der Waals surface area contributed by atoms with Gasteiger partial charge in [0.1, 0.15) is 0 Å². The first-order chi connectivity index (χ1) is 6.20. The van der Waals surface area contributed by atoms with Crippen molar-refractivity contribution in [3.8, 4) is 0 Å². The molecule has 86 valence electrons. The Hall–Kier alpha value is 0.430. The van der Waals surface area contributed by atoms with Crippen molar-refractivity contribution < 1.29 is 0 Å². The molecule has 0 saturated carbocycles. The van der Waals surface area contributed by atoms with E-state index in [9.17, 15) is 0 Å². The van der Waals surface area contributed by atoms with E-state index in [1.807, 2.05) is 0 Å². The summed E-state index contributed by atoms with van der Waals surface area (Å²) >= 11 is 0.